The highest BCUT2D eigenvalue weighted by atomic mass is 35.5. The number of amidine groups is 1. The SMILES string of the molecule is CC(C)(C)OC(=O)N1CCC[C@@H]1C(=N)N(C=N)Cc1ccc(Cl)cc1. The number of hydrogen-bond acceptors (Lipinski definition) is 4. The monoisotopic (exact) mass is 364 g/mol. The summed E-state index contributed by atoms with van der Waals surface area (Å²) in [5, 5.41) is 16.8. The quantitative estimate of drug-likeness (QED) is 0.622. The van der Waals surface area contributed by atoms with Gasteiger partial charge in [-0.25, -0.2) is 4.79 Å². The molecule has 0 bridgehead atoms. The molecule has 25 heavy (non-hydrogen) atoms. The number of nitrogens with zero attached hydrogens (tertiary/aromatic N) is 2. The first-order valence-electron chi connectivity index (χ1n) is 8.31. The molecule has 1 heterocycles. The van der Waals surface area contributed by atoms with E-state index in [0.717, 1.165) is 18.3 Å². The number of likely N-dealkylation sites (tertiary alicyclic amines) is 1. The van der Waals surface area contributed by atoms with Gasteiger partial charge in [0.05, 0.1) is 18.9 Å². The number of nitrogens with one attached hydrogen (secondary N) is 2. The van der Waals surface area contributed by atoms with E-state index >= 15 is 0 Å². The average Bonchev–Trinajstić information content (AvgIpc) is 3.02. The first kappa shape index (κ1) is 19.2. The third kappa shape index (κ3) is 5.19. The van der Waals surface area contributed by atoms with E-state index in [9.17, 15) is 4.79 Å². The summed E-state index contributed by atoms with van der Waals surface area (Å²) in [4.78, 5) is 15.5. The van der Waals surface area contributed by atoms with Crippen molar-refractivity contribution in [3.8, 4) is 0 Å². The summed E-state index contributed by atoms with van der Waals surface area (Å²) in [7, 11) is 0. The van der Waals surface area contributed by atoms with Crippen LogP contribution in [0.4, 0.5) is 4.79 Å². The molecule has 136 valence electrons. The predicted octanol–water partition coefficient (Wildman–Crippen LogP) is 4.13. The summed E-state index contributed by atoms with van der Waals surface area (Å²) < 4.78 is 5.45. The van der Waals surface area contributed by atoms with Crippen LogP contribution in [-0.2, 0) is 11.3 Å². The van der Waals surface area contributed by atoms with Gasteiger partial charge in [0.1, 0.15) is 11.4 Å². The van der Waals surface area contributed by atoms with E-state index in [2.05, 4.69) is 0 Å². The lowest BCUT2D eigenvalue weighted by molar-refractivity contribution is 0.0261. The second-order valence-electron chi connectivity index (χ2n) is 7.10. The molecule has 1 atom stereocenters. The lowest BCUT2D eigenvalue weighted by Gasteiger charge is -2.31. The Balaban J connectivity index is 2.08. The van der Waals surface area contributed by atoms with E-state index in [1.807, 2.05) is 32.9 Å². The Morgan fingerprint density at radius 2 is 2.04 bits per heavy atom. The molecule has 2 rings (SSSR count). The molecule has 0 unspecified atom stereocenters. The van der Waals surface area contributed by atoms with Crippen LogP contribution in [-0.4, -0.2) is 46.3 Å². The molecule has 2 N–H and O–H groups in total. The Morgan fingerprint density at radius 1 is 1.40 bits per heavy atom. The van der Waals surface area contributed by atoms with E-state index < -0.39 is 11.7 Å². The summed E-state index contributed by atoms with van der Waals surface area (Å²) in [5.41, 5.74) is 0.371. The molecule has 1 aromatic rings. The standard InChI is InChI=1S/C18H25ClN4O2/c1-18(2,3)25-17(24)23-10-4-5-15(23)16(21)22(12-20)11-13-6-8-14(19)9-7-13/h6-9,12,15,20-21H,4-5,10-11H2,1-3H3/t15-/m1/s1. The number of benzene rings is 1. The molecular weight excluding hydrogens is 340 g/mol. The van der Waals surface area contributed by atoms with Gasteiger partial charge in [0.2, 0.25) is 0 Å². The summed E-state index contributed by atoms with van der Waals surface area (Å²) in [5.74, 6) is 0.230. The zero-order valence-electron chi connectivity index (χ0n) is 14.9. The summed E-state index contributed by atoms with van der Waals surface area (Å²) >= 11 is 5.90. The van der Waals surface area contributed by atoms with Crippen LogP contribution < -0.4 is 0 Å². The largest absolute Gasteiger partial charge is 0.444 e. The second-order valence-corrected chi connectivity index (χ2v) is 7.54. The fourth-order valence-electron chi connectivity index (χ4n) is 2.77. The lowest BCUT2D eigenvalue weighted by atomic mass is 10.1. The van der Waals surface area contributed by atoms with Gasteiger partial charge in [-0.15, -0.1) is 0 Å². The van der Waals surface area contributed by atoms with Crippen molar-refractivity contribution in [2.75, 3.05) is 6.54 Å². The summed E-state index contributed by atoms with van der Waals surface area (Å²) in [6, 6.07) is 6.93. The maximum atomic E-state index is 12.4. The Morgan fingerprint density at radius 3 is 2.60 bits per heavy atom. The Hall–Kier alpha value is -2.08. The van der Waals surface area contributed by atoms with E-state index in [4.69, 9.17) is 27.2 Å². The minimum absolute atomic E-state index is 0.230. The van der Waals surface area contributed by atoms with E-state index in [0.29, 0.717) is 24.5 Å². The molecule has 6 nitrogen and oxygen atoms in total. The van der Waals surface area contributed by atoms with Gasteiger partial charge in [-0.05, 0) is 51.3 Å². The van der Waals surface area contributed by atoms with Crippen LogP contribution in [0, 0.1) is 10.8 Å². The van der Waals surface area contributed by atoms with Crippen LogP contribution in [0.1, 0.15) is 39.2 Å². The van der Waals surface area contributed by atoms with Gasteiger partial charge in [-0.2, -0.15) is 0 Å². The van der Waals surface area contributed by atoms with Gasteiger partial charge < -0.3 is 9.64 Å². The van der Waals surface area contributed by atoms with Crippen molar-refractivity contribution < 1.29 is 9.53 Å². The van der Waals surface area contributed by atoms with Crippen molar-refractivity contribution in [2.45, 2.75) is 51.8 Å². The first-order chi connectivity index (χ1) is 11.7. The second kappa shape index (κ2) is 7.87. The molecule has 1 aliphatic rings. The molecule has 1 saturated heterocycles. The molecule has 1 fully saturated rings. The molecule has 0 spiro atoms. The average molecular weight is 365 g/mol. The van der Waals surface area contributed by atoms with Gasteiger partial charge in [0, 0.05) is 11.6 Å². The van der Waals surface area contributed by atoms with Crippen LogP contribution in [0.15, 0.2) is 24.3 Å². The van der Waals surface area contributed by atoms with Gasteiger partial charge in [-0.3, -0.25) is 15.7 Å². The fraction of sp³-hybridized carbons (Fsp3) is 0.500. The topological polar surface area (TPSA) is 80.5 Å². The predicted molar refractivity (Wildman–Crippen MR) is 99.5 cm³/mol. The minimum atomic E-state index is -0.572. The Labute approximate surface area is 153 Å². The smallest absolute Gasteiger partial charge is 0.410 e. The third-order valence-electron chi connectivity index (χ3n) is 3.93. The molecule has 7 heteroatoms. The highest BCUT2D eigenvalue weighted by Crippen LogP contribution is 2.23. The molecular formula is C18H25ClN4O2. The van der Waals surface area contributed by atoms with Crippen LogP contribution in [0.2, 0.25) is 5.02 Å². The van der Waals surface area contributed by atoms with Crippen molar-refractivity contribution in [1.29, 1.82) is 10.8 Å². The van der Waals surface area contributed by atoms with Crippen molar-refractivity contribution in [1.82, 2.24) is 9.80 Å². The number of carbonyl (C=O) groups excluding carboxylic acids is 1. The number of ether oxygens (including phenoxy) is 1. The fourth-order valence-corrected chi connectivity index (χ4v) is 2.89. The van der Waals surface area contributed by atoms with E-state index in [-0.39, 0.29) is 11.9 Å². The molecule has 1 amide bonds. The van der Waals surface area contributed by atoms with Gasteiger partial charge in [0.25, 0.3) is 0 Å². The molecule has 0 aromatic heterocycles. The van der Waals surface area contributed by atoms with Crippen molar-refractivity contribution in [3.63, 3.8) is 0 Å². The zero-order valence-corrected chi connectivity index (χ0v) is 15.6. The van der Waals surface area contributed by atoms with Crippen molar-refractivity contribution in [2.24, 2.45) is 0 Å². The van der Waals surface area contributed by atoms with E-state index in [1.165, 1.54) is 4.90 Å². The highest BCUT2D eigenvalue weighted by molar-refractivity contribution is 6.30. The molecule has 0 aliphatic carbocycles. The number of amides is 1. The number of carbonyl (C=O) groups is 1. The van der Waals surface area contributed by atoms with Gasteiger partial charge in [0.15, 0.2) is 0 Å². The zero-order chi connectivity index (χ0) is 18.6. The maximum Gasteiger partial charge on any atom is 0.410 e. The third-order valence-corrected chi connectivity index (χ3v) is 4.18. The van der Waals surface area contributed by atoms with Crippen LogP contribution in [0.25, 0.3) is 0 Å². The Bertz CT molecular complexity index is 639. The first-order valence-corrected chi connectivity index (χ1v) is 8.69. The van der Waals surface area contributed by atoms with Gasteiger partial charge >= 0.3 is 6.09 Å². The molecule has 1 aliphatic heterocycles. The highest BCUT2D eigenvalue weighted by Gasteiger charge is 2.36. The maximum absolute atomic E-state index is 12.4. The van der Waals surface area contributed by atoms with Crippen molar-refractivity contribution >= 4 is 29.9 Å². The summed E-state index contributed by atoms with van der Waals surface area (Å²) in [6.07, 6.45) is 2.24. The normalized spacial score (nSPS) is 17.3. The minimum Gasteiger partial charge on any atom is -0.444 e. The number of halogens is 1. The van der Waals surface area contributed by atoms with Crippen LogP contribution >= 0.6 is 11.6 Å². The Kier molecular flexibility index (Phi) is 6.06. The van der Waals surface area contributed by atoms with Crippen molar-refractivity contribution in [3.05, 3.63) is 34.9 Å². The van der Waals surface area contributed by atoms with Crippen LogP contribution in [0.3, 0.4) is 0 Å². The summed E-state index contributed by atoms with van der Waals surface area (Å²) in [6.45, 7) is 6.43. The molecule has 1 aromatic carbocycles. The number of hydrogen-bond donors (Lipinski definition) is 2. The lowest BCUT2D eigenvalue weighted by Crippen LogP contribution is -2.48. The molecule has 0 saturated carbocycles. The van der Waals surface area contributed by atoms with Crippen LogP contribution in [0.5, 0.6) is 0 Å². The van der Waals surface area contributed by atoms with Gasteiger partial charge in [-0.1, -0.05) is 23.7 Å². The van der Waals surface area contributed by atoms with E-state index in [1.54, 1.807) is 17.0 Å². The number of rotatable bonds is 4. The molecule has 0 radical (unpaired) electrons.